The van der Waals surface area contributed by atoms with Crippen molar-refractivity contribution in [2.24, 2.45) is 0 Å². The third-order valence-electron chi connectivity index (χ3n) is 4.38. The zero-order valence-electron chi connectivity index (χ0n) is 17.9. The van der Waals surface area contributed by atoms with Crippen LogP contribution in [0.2, 0.25) is 0 Å². The number of nitrogens with zero attached hydrogens (tertiary/aromatic N) is 3. The van der Waals surface area contributed by atoms with Crippen molar-refractivity contribution >= 4 is 36.9 Å². The van der Waals surface area contributed by atoms with Gasteiger partial charge in [-0.3, -0.25) is 14.1 Å². The van der Waals surface area contributed by atoms with E-state index in [1.165, 1.54) is 11.1 Å². The number of benzene rings is 1. The fraction of sp³-hybridized carbons (Fsp3) is 0.300. The monoisotopic (exact) mass is 480 g/mol. The summed E-state index contributed by atoms with van der Waals surface area (Å²) in [7, 11) is -4.68. The largest absolute Gasteiger partial charge is 0.469 e. The van der Waals surface area contributed by atoms with E-state index < -0.39 is 7.82 Å². The molecule has 0 saturated carbocycles. The van der Waals surface area contributed by atoms with Gasteiger partial charge in [-0.15, -0.1) is 0 Å². The number of carbonyl (C=O) groups excluding carboxylic acids is 2. The summed E-state index contributed by atoms with van der Waals surface area (Å²) in [5.74, 6) is 0.720. The number of aryl methyl sites for hydroxylation is 2. The summed E-state index contributed by atoms with van der Waals surface area (Å²) in [4.78, 5) is 52.5. The van der Waals surface area contributed by atoms with Crippen molar-refractivity contribution < 1.29 is 28.5 Å². The van der Waals surface area contributed by atoms with Crippen LogP contribution in [0.25, 0.3) is 0 Å². The number of nitrogens with two attached hydrogens (primary N) is 1. The summed E-state index contributed by atoms with van der Waals surface area (Å²) in [6.45, 7) is 4.90. The standard InChI is InChI=1S/C20H25N4O6PS/c1-13-5-4-6-16(9-13)20(26)32-18(7-8-30-31(27,28)29)14(2)24(12-25)11-17-10-22-15(3)23-19(17)21/h4-6,9-10,12H,7-8,11H2,1-3H3,(H2,21,22,23)(H2,27,28,29)/b18-14-. The highest BCUT2D eigenvalue weighted by Gasteiger charge is 2.20. The molecular weight excluding hydrogens is 455 g/mol. The molecule has 0 radical (unpaired) electrons. The molecule has 172 valence electrons. The maximum absolute atomic E-state index is 12.8. The number of nitrogen functional groups attached to an aromatic ring is 1. The molecule has 0 aliphatic carbocycles. The zero-order chi connectivity index (χ0) is 23.9. The molecule has 1 aromatic heterocycles. The highest BCUT2D eigenvalue weighted by atomic mass is 32.2. The Morgan fingerprint density at radius 3 is 2.66 bits per heavy atom. The van der Waals surface area contributed by atoms with Crippen LogP contribution in [0.1, 0.15) is 40.7 Å². The first kappa shape index (κ1) is 25.7. The second-order valence-corrected chi connectivity index (χ2v) is 9.21. The van der Waals surface area contributed by atoms with Gasteiger partial charge in [0.15, 0.2) is 0 Å². The van der Waals surface area contributed by atoms with Crippen LogP contribution in [0, 0.1) is 13.8 Å². The van der Waals surface area contributed by atoms with E-state index in [9.17, 15) is 14.2 Å². The number of rotatable bonds is 10. The molecule has 4 N–H and O–H groups in total. The molecule has 2 rings (SSSR count). The number of phosphoric ester groups is 1. The Bertz CT molecular complexity index is 1070. The molecule has 0 atom stereocenters. The quantitative estimate of drug-likeness (QED) is 0.341. The number of hydrogen-bond donors (Lipinski definition) is 3. The molecule has 1 heterocycles. The lowest BCUT2D eigenvalue weighted by Gasteiger charge is -2.22. The molecule has 0 aliphatic heterocycles. The molecule has 0 spiro atoms. The van der Waals surface area contributed by atoms with E-state index in [1.54, 1.807) is 32.0 Å². The van der Waals surface area contributed by atoms with Crippen LogP contribution in [0.5, 0.6) is 0 Å². The third-order valence-corrected chi connectivity index (χ3v) is 6.06. The minimum absolute atomic E-state index is 0.00336. The molecule has 0 saturated heterocycles. The first-order valence-electron chi connectivity index (χ1n) is 9.48. The van der Waals surface area contributed by atoms with E-state index in [-0.39, 0.29) is 30.5 Å². The predicted molar refractivity (Wildman–Crippen MR) is 121 cm³/mol. The van der Waals surface area contributed by atoms with E-state index >= 15 is 0 Å². The Kier molecular flexibility index (Phi) is 9.11. The number of thioether (sulfide) groups is 1. The number of allylic oxidation sites excluding steroid dienone is 1. The topological polar surface area (TPSA) is 156 Å². The van der Waals surface area contributed by atoms with Gasteiger partial charge >= 0.3 is 7.82 Å². The lowest BCUT2D eigenvalue weighted by atomic mass is 10.2. The lowest BCUT2D eigenvalue weighted by molar-refractivity contribution is -0.116. The molecule has 0 unspecified atom stereocenters. The fourth-order valence-corrected chi connectivity index (χ4v) is 3.97. The van der Waals surface area contributed by atoms with Gasteiger partial charge in [0.2, 0.25) is 11.5 Å². The SMILES string of the molecule is C/C(=C(\CCOP(=O)(O)O)SC(=O)c1cccc(C)c1)N(C=O)Cc1cnc(C)nc1N. The summed E-state index contributed by atoms with van der Waals surface area (Å²) >= 11 is 0.871. The van der Waals surface area contributed by atoms with Crippen molar-refractivity contribution in [2.45, 2.75) is 33.7 Å². The van der Waals surface area contributed by atoms with Crippen LogP contribution in [-0.4, -0.2) is 42.8 Å². The van der Waals surface area contributed by atoms with E-state index in [4.69, 9.17) is 15.5 Å². The fourth-order valence-electron chi connectivity index (χ4n) is 2.72. The summed E-state index contributed by atoms with van der Waals surface area (Å²) in [5.41, 5.74) is 8.23. The normalized spacial score (nSPS) is 12.3. The van der Waals surface area contributed by atoms with Crippen LogP contribution in [0.15, 0.2) is 41.1 Å². The molecule has 2 aromatic rings. The van der Waals surface area contributed by atoms with Crippen molar-refractivity contribution in [3.05, 3.63) is 63.6 Å². The minimum Gasteiger partial charge on any atom is -0.383 e. The highest BCUT2D eigenvalue weighted by Crippen LogP contribution is 2.37. The van der Waals surface area contributed by atoms with Crippen LogP contribution in [0.3, 0.4) is 0 Å². The van der Waals surface area contributed by atoms with Gasteiger partial charge in [0.1, 0.15) is 11.6 Å². The summed E-state index contributed by atoms with van der Waals surface area (Å²) in [6.07, 6.45) is 2.10. The van der Waals surface area contributed by atoms with E-state index in [1.807, 2.05) is 13.0 Å². The maximum Gasteiger partial charge on any atom is 0.469 e. The third kappa shape index (κ3) is 7.85. The van der Waals surface area contributed by atoms with Crippen LogP contribution in [0.4, 0.5) is 5.82 Å². The summed E-state index contributed by atoms with van der Waals surface area (Å²) < 4.78 is 15.6. The van der Waals surface area contributed by atoms with Gasteiger partial charge in [-0.05, 0) is 38.6 Å². The number of anilines is 1. The zero-order valence-corrected chi connectivity index (χ0v) is 19.6. The molecule has 10 nitrogen and oxygen atoms in total. The Morgan fingerprint density at radius 2 is 2.06 bits per heavy atom. The minimum atomic E-state index is -4.68. The molecular formula is C20H25N4O6PS. The van der Waals surface area contributed by atoms with Gasteiger partial charge in [0, 0.05) is 34.3 Å². The average molecular weight is 480 g/mol. The first-order valence-corrected chi connectivity index (χ1v) is 11.8. The van der Waals surface area contributed by atoms with Crippen molar-refractivity contribution in [3.8, 4) is 0 Å². The Hall–Kier alpha value is -2.56. The number of hydrogen-bond acceptors (Lipinski definition) is 8. The van der Waals surface area contributed by atoms with Gasteiger partial charge in [-0.2, -0.15) is 0 Å². The average Bonchev–Trinajstić information content (AvgIpc) is 2.71. The van der Waals surface area contributed by atoms with E-state index in [2.05, 4.69) is 14.5 Å². The Balaban J connectivity index is 2.33. The molecule has 1 amide bonds. The van der Waals surface area contributed by atoms with Crippen molar-refractivity contribution in [1.82, 2.24) is 14.9 Å². The van der Waals surface area contributed by atoms with Crippen LogP contribution < -0.4 is 5.73 Å². The number of phosphoric acid groups is 1. The van der Waals surface area contributed by atoms with Gasteiger partial charge < -0.3 is 20.4 Å². The van der Waals surface area contributed by atoms with E-state index in [0.29, 0.717) is 34.0 Å². The van der Waals surface area contributed by atoms with Crippen molar-refractivity contribution in [3.63, 3.8) is 0 Å². The number of aromatic nitrogens is 2. The van der Waals surface area contributed by atoms with Crippen LogP contribution >= 0.6 is 19.6 Å². The lowest BCUT2D eigenvalue weighted by Crippen LogP contribution is -2.22. The van der Waals surface area contributed by atoms with Gasteiger partial charge in [0.25, 0.3) is 0 Å². The highest BCUT2D eigenvalue weighted by molar-refractivity contribution is 8.17. The van der Waals surface area contributed by atoms with Crippen molar-refractivity contribution in [1.29, 1.82) is 0 Å². The molecule has 12 heteroatoms. The second-order valence-electron chi connectivity index (χ2n) is 6.90. The molecule has 1 aromatic carbocycles. The molecule has 0 bridgehead atoms. The first-order chi connectivity index (χ1) is 15.0. The van der Waals surface area contributed by atoms with E-state index in [0.717, 1.165) is 17.3 Å². The van der Waals surface area contributed by atoms with Crippen molar-refractivity contribution in [2.75, 3.05) is 12.3 Å². The summed E-state index contributed by atoms with van der Waals surface area (Å²) in [6, 6.07) is 7.02. The molecule has 32 heavy (non-hydrogen) atoms. The second kappa shape index (κ2) is 11.3. The van der Waals surface area contributed by atoms with Gasteiger partial charge in [-0.1, -0.05) is 23.8 Å². The smallest absolute Gasteiger partial charge is 0.383 e. The molecule has 0 fully saturated rings. The maximum atomic E-state index is 12.8. The number of amides is 1. The Morgan fingerprint density at radius 1 is 1.34 bits per heavy atom. The van der Waals surface area contributed by atoms with Gasteiger partial charge in [0.05, 0.1) is 13.2 Å². The predicted octanol–water partition coefficient (Wildman–Crippen LogP) is 2.94. The molecule has 0 aliphatic rings. The Labute approximate surface area is 190 Å². The van der Waals surface area contributed by atoms with Crippen LogP contribution in [-0.2, 0) is 20.4 Å². The van der Waals surface area contributed by atoms with Gasteiger partial charge in [-0.25, -0.2) is 14.5 Å². The number of carbonyl (C=O) groups is 2. The summed E-state index contributed by atoms with van der Waals surface area (Å²) in [5, 5.41) is -0.275.